The average molecular weight is 305 g/mol. The largest absolute Gasteiger partial charge is 0.336 e. The van der Waals surface area contributed by atoms with Gasteiger partial charge in [0.25, 0.3) is 0 Å². The van der Waals surface area contributed by atoms with Gasteiger partial charge in [-0.3, -0.25) is 0 Å². The maximum absolute atomic E-state index is 13.5. The summed E-state index contributed by atoms with van der Waals surface area (Å²) in [7, 11) is 0. The third-order valence-corrected chi connectivity index (χ3v) is 2.82. The monoisotopic (exact) mass is 304 g/mol. The highest BCUT2D eigenvalue weighted by molar-refractivity contribution is 6.37. The summed E-state index contributed by atoms with van der Waals surface area (Å²) in [5.41, 5.74) is 2.17. The van der Waals surface area contributed by atoms with Crippen molar-refractivity contribution in [2.75, 3.05) is 10.7 Å². The van der Waals surface area contributed by atoms with E-state index < -0.39 is 11.6 Å². The van der Waals surface area contributed by atoms with Crippen molar-refractivity contribution in [3.05, 3.63) is 45.9 Å². The second kappa shape index (κ2) is 5.56. The highest BCUT2D eigenvalue weighted by atomic mass is 35.5. The van der Waals surface area contributed by atoms with E-state index in [4.69, 9.17) is 29.0 Å². The summed E-state index contributed by atoms with van der Waals surface area (Å²) in [6, 6.07) is 4.36. The molecule has 0 saturated carbocycles. The fourth-order valence-electron chi connectivity index (χ4n) is 1.38. The van der Waals surface area contributed by atoms with Crippen molar-refractivity contribution < 1.29 is 8.78 Å². The highest BCUT2D eigenvalue weighted by Gasteiger charge is 2.11. The Morgan fingerprint density at radius 3 is 2.42 bits per heavy atom. The Kier molecular flexibility index (Phi) is 4.04. The van der Waals surface area contributed by atoms with Crippen molar-refractivity contribution in [1.82, 2.24) is 4.98 Å². The lowest BCUT2D eigenvalue weighted by molar-refractivity contribution is 0.603. The number of anilines is 3. The highest BCUT2D eigenvalue weighted by Crippen LogP contribution is 2.31. The summed E-state index contributed by atoms with van der Waals surface area (Å²) in [5, 5.41) is 2.92. The minimum atomic E-state index is -0.642. The van der Waals surface area contributed by atoms with Gasteiger partial charge in [0, 0.05) is 6.07 Å². The van der Waals surface area contributed by atoms with Crippen LogP contribution in [0.3, 0.4) is 0 Å². The van der Waals surface area contributed by atoms with Gasteiger partial charge in [0.15, 0.2) is 11.6 Å². The predicted octanol–water partition coefficient (Wildman–Crippen LogP) is 3.70. The maximum Gasteiger partial charge on any atom is 0.161 e. The third-order valence-electron chi connectivity index (χ3n) is 2.25. The number of nitrogen functional groups attached to an aromatic ring is 1. The molecule has 0 bridgehead atoms. The zero-order valence-corrected chi connectivity index (χ0v) is 10.9. The Labute approximate surface area is 117 Å². The summed E-state index contributed by atoms with van der Waals surface area (Å²) in [5.74, 6) is 4.24. The van der Waals surface area contributed by atoms with Gasteiger partial charge in [-0.2, -0.15) is 0 Å². The SMILES string of the molecule is NNc1nc(Nc2cc(F)ccc2F)c(Cl)cc1Cl. The quantitative estimate of drug-likeness (QED) is 0.598. The van der Waals surface area contributed by atoms with E-state index in [1.165, 1.54) is 6.07 Å². The van der Waals surface area contributed by atoms with Gasteiger partial charge in [0.05, 0.1) is 15.7 Å². The molecule has 0 fully saturated rings. The molecule has 0 spiro atoms. The third kappa shape index (κ3) is 3.04. The average Bonchev–Trinajstić information content (AvgIpc) is 2.37. The van der Waals surface area contributed by atoms with Crippen LogP contribution in [0.15, 0.2) is 24.3 Å². The van der Waals surface area contributed by atoms with Crippen molar-refractivity contribution in [3.8, 4) is 0 Å². The van der Waals surface area contributed by atoms with Crippen LogP contribution in [-0.2, 0) is 0 Å². The van der Waals surface area contributed by atoms with Crippen LogP contribution in [-0.4, -0.2) is 4.98 Å². The molecule has 2 rings (SSSR count). The van der Waals surface area contributed by atoms with Crippen molar-refractivity contribution in [1.29, 1.82) is 0 Å². The Balaban J connectivity index is 2.40. The molecule has 0 unspecified atom stereocenters. The molecule has 8 heteroatoms. The maximum atomic E-state index is 13.5. The van der Waals surface area contributed by atoms with Gasteiger partial charge in [0.2, 0.25) is 0 Å². The molecule has 0 amide bonds. The Bertz CT molecular complexity index is 622. The molecular formula is C11H8Cl2F2N4. The number of nitrogens with one attached hydrogen (secondary N) is 2. The van der Waals surface area contributed by atoms with Crippen molar-refractivity contribution in [3.63, 3.8) is 0 Å². The summed E-state index contributed by atoms with van der Waals surface area (Å²) >= 11 is 11.7. The molecule has 100 valence electrons. The lowest BCUT2D eigenvalue weighted by Gasteiger charge is -2.11. The Morgan fingerprint density at radius 2 is 1.74 bits per heavy atom. The molecule has 1 aromatic heterocycles. The molecule has 0 radical (unpaired) electrons. The molecule has 0 aliphatic rings. The standard InChI is InChI=1S/C11H8Cl2F2N4/c12-6-4-7(13)11(19-16)18-10(6)17-9-3-5(14)1-2-8(9)15/h1-4H,16H2,(H2,17,18,19). The van der Waals surface area contributed by atoms with Gasteiger partial charge in [-0.15, -0.1) is 0 Å². The van der Waals surface area contributed by atoms with E-state index in [1.807, 2.05) is 0 Å². The summed E-state index contributed by atoms with van der Waals surface area (Å²) < 4.78 is 26.5. The van der Waals surface area contributed by atoms with Crippen LogP contribution in [0.25, 0.3) is 0 Å². The topological polar surface area (TPSA) is 63.0 Å². The van der Waals surface area contributed by atoms with Crippen molar-refractivity contribution in [2.45, 2.75) is 0 Å². The molecule has 4 N–H and O–H groups in total. The first kappa shape index (κ1) is 13.8. The summed E-state index contributed by atoms with van der Waals surface area (Å²) in [6.45, 7) is 0. The second-order valence-corrected chi connectivity index (χ2v) is 4.36. The zero-order valence-electron chi connectivity index (χ0n) is 9.35. The number of aromatic nitrogens is 1. The van der Waals surface area contributed by atoms with Crippen LogP contribution in [0.2, 0.25) is 10.0 Å². The van der Waals surface area contributed by atoms with Crippen molar-refractivity contribution in [2.24, 2.45) is 5.84 Å². The smallest absolute Gasteiger partial charge is 0.161 e. The van der Waals surface area contributed by atoms with Crippen LogP contribution in [0.1, 0.15) is 0 Å². The number of halogens is 4. The van der Waals surface area contributed by atoms with E-state index in [0.29, 0.717) is 0 Å². The van der Waals surface area contributed by atoms with Crippen LogP contribution in [0, 0.1) is 11.6 Å². The number of hydrazine groups is 1. The molecular weight excluding hydrogens is 297 g/mol. The predicted molar refractivity (Wildman–Crippen MR) is 71.7 cm³/mol. The van der Waals surface area contributed by atoms with Crippen LogP contribution >= 0.6 is 23.2 Å². The lowest BCUT2D eigenvalue weighted by atomic mass is 10.3. The van der Waals surface area contributed by atoms with Crippen LogP contribution in [0.5, 0.6) is 0 Å². The van der Waals surface area contributed by atoms with Gasteiger partial charge in [0.1, 0.15) is 11.6 Å². The number of nitrogens with two attached hydrogens (primary N) is 1. The van der Waals surface area contributed by atoms with Crippen molar-refractivity contribution >= 4 is 40.5 Å². The molecule has 0 aliphatic heterocycles. The van der Waals surface area contributed by atoms with E-state index >= 15 is 0 Å². The van der Waals surface area contributed by atoms with Crippen LogP contribution < -0.4 is 16.6 Å². The molecule has 4 nitrogen and oxygen atoms in total. The fourth-order valence-corrected chi connectivity index (χ4v) is 1.84. The van der Waals surface area contributed by atoms with Gasteiger partial charge in [-0.05, 0) is 18.2 Å². The molecule has 0 saturated heterocycles. The minimum absolute atomic E-state index is 0.0975. The normalized spacial score (nSPS) is 10.4. The number of rotatable bonds is 3. The number of hydrogen-bond acceptors (Lipinski definition) is 4. The van der Waals surface area contributed by atoms with E-state index in [0.717, 1.165) is 18.2 Å². The van der Waals surface area contributed by atoms with E-state index in [1.54, 1.807) is 0 Å². The number of nitrogens with zero attached hydrogens (tertiary/aromatic N) is 1. The van der Waals surface area contributed by atoms with Crippen LogP contribution in [0.4, 0.5) is 26.1 Å². The lowest BCUT2D eigenvalue weighted by Crippen LogP contribution is -2.10. The number of benzene rings is 1. The molecule has 1 heterocycles. The van der Waals surface area contributed by atoms with E-state index in [-0.39, 0.29) is 27.4 Å². The Morgan fingerprint density at radius 1 is 1.05 bits per heavy atom. The fraction of sp³-hybridized carbons (Fsp3) is 0. The van der Waals surface area contributed by atoms with E-state index in [2.05, 4.69) is 15.7 Å². The number of hydrogen-bond donors (Lipinski definition) is 3. The zero-order chi connectivity index (χ0) is 14.0. The second-order valence-electron chi connectivity index (χ2n) is 3.54. The van der Waals surface area contributed by atoms with Gasteiger partial charge < -0.3 is 10.7 Å². The first-order valence-electron chi connectivity index (χ1n) is 5.06. The molecule has 2 aromatic rings. The first-order chi connectivity index (χ1) is 9.01. The van der Waals surface area contributed by atoms with Gasteiger partial charge in [-0.25, -0.2) is 19.6 Å². The molecule has 1 aromatic carbocycles. The summed E-state index contributed by atoms with van der Waals surface area (Å²) in [4.78, 5) is 3.96. The first-order valence-corrected chi connectivity index (χ1v) is 5.81. The van der Waals surface area contributed by atoms with E-state index in [9.17, 15) is 8.78 Å². The van der Waals surface area contributed by atoms with Gasteiger partial charge in [-0.1, -0.05) is 23.2 Å². The van der Waals surface area contributed by atoms with Gasteiger partial charge >= 0.3 is 0 Å². The molecule has 19 heavy (non-hydrogen) atoms. The Hall–Kier alpha value is -1.63. The molecule has 0 aliphatic carbocycles. The minimum Gasteiger partial charge on any atom is -0.336 e. The molecule has 0 atom stereocenters. The summed E-state index contributed by atoms with van der Waals surface area (Å²) in [6.07, 6.45) is 0. The number of pyridine rings is 1.